The van der Waals surface area contributed by atoms with E-state index in [0.717, 1.165) is 23.0 Å². The molecule has 0 bridgehead atoms. The number of rotatable bonds is 3. The van der Waals surface area contributed by atoms with E-state index >= 15 is 0 Å². The van der Waals surface area contributed by atoms with Crippen LogP contribution in [-0.2, 0) is 10.9 Å². The average molecular weight is 412 g/mol. The Bertz CT molecular complexity index is 1110. The van der Waals surface area contributed by atoms with Gasteiger partial charge in [-0.25, -0.2) is 9.97 Å². The summed E-state index contributed by atoms with van der Waals surface area (Å²) in [5.74, 6) is -0.120. The van der Waals surface area contributed by atoms with Gasteiger partial charge in [0, 0.05) is 5.56 Å². The number of aliphatic hydroxyl groups excluding tert-OH is 3. The second-order valence-electron chi connectivity index (χ2n) is 6.52. The van der Waals surface area contributed by atoms with Crippen molar-refractivity contribution in [3.8, 4) is 11.4 Å². The molecule has 1 fully saturated rings. The largest absolute Gasteiger partial charge is 0.416 e. The van der Waals surface area contributed by atoms with E-state index in [1.54, 1.807) is 0 Å². The van der Waals surface area contributed by atoms with Gasteiger partial charge in [-0.15, -0.1) is 0 Å². The van der Waals surface area contributed by atoms with Crippen molar-refractivity contribution in [2.75, 3.05) is 6.61 Å². The second kappa shape index (κ2) is 6.91. The molecule has 3 aromatic rings. The number of hydrogen-bond acceptors (Lipinski definition) is 7. The fourth-order valence-corrected chi connectivity index (χ4v) is 3.29. The number of H-pyrrole nitrogens is 1. The van der Waals surface area contributed by atoms with E-state index in [1.807, 2.05) is 0 Å². The molecular formula is C17H15F3N4O5. The lowest BCUT2D eigenvalue weighted by Crippen LogP contribution is -2.33. The van der Waals surface area contributed by atoms with Crippen molar-refractivity contribution in [2.45, 2.75) is 30.7 Å². The quantitative estimate of drug-likeness (QED) is 0.490. The molecule has 1 aliphatic rings. The smallest absolute Gasteiger partial charge is 0.394 e. The molecule has 1 aliphatic heterocycles. The van der Waals surface area contributed by atoms with E-state index in [1.165, 1.54) is 12.1 Å². The maximum Gasteiger partial charge on any atom is 0.416 e. The molecule has 2 aromatic heterocycles. The van der Waals surface area contributed by atoms with E-state index in [9.17, 15) is 33.3 Å². The molecular weight excluding hydrogens is 397 g/mol. The van der Waals surface area contributed by atoms with Crippen molar-refractivity contribution in [1.82, 2.24) is 19.5 Å². The Morgan fingerprint density at radius 2 is 2.00 bits per heavy atom. The van der Waals surface area contributed by atoms with Gasteiger partial charge < -0.3 is 25.0 Å². The number of aliphatic hydroxyl groups is 3. The zero-order valence-electron chi connectivity index (χ0n) is 14.5. The van der Waals surface area contributed by atoms with Crippen LogP contribution < -0.4 is 5.56 Å². The summed E-state index contributed by atoms with van der Waals surface area (Å²) in [6.07, 6.45) is -9.02. The number of nitrogens with one attached hydrogen (secondary N) is 1. The van der Waals surface area contributed by atoms with Gasteiger partial charge in [-0.3, -0.25) is 9.36 Å². The van der Waals surface area contributed by atoms with Crippen LogP contribution in [-0.4, -0.2) is 59.8 Å². The summed E-state index contributed by atoms with van der Waals surface area (Å²) < 4.78 is 46.1. The first-order chi connectivity index (χ1) is 13.7. The molecule has 12 heteroatoms. The van der Waals surface area contributed by atoms with Crippen LogP contribution in [0.3, 0.4) is 0 Å². The van der Waals surface area contributed by atoms with E-state index in [0.29, 0.717) is 0 Å². The fraction of sp³-hybridized carbons (Fsp3) is 0.353. The summed E-state index contributed by atoms with van der Waals surface area (Å²) in [6.45, 7) is -0.603. The number of nitrogens with zero attached hydrogens (tertiary/aromatic N) is 3. The Kier molecular flexibility index (Phi) is 4.65. The maximum absolute atomic E-state index is 13.1. The van der Waals surface area contributed by atoms with Gasteiger partial charge in [0.15, 0.2) is 17.4 Å². The molecule has 0 amide bonds. The predicted molar refractivity (Wildman–Crippen MR) is 91.6 cm³/mol. The topological polar surface area (TPSA) is 133 Å². The van der Waals surface area contributed by atoms with Crippen LogP contribution in [0.2, 0.25) is 0 Å². The Morgan fingerprint density at radius 1 is 1.24 bits per heavy atom. The van der Waals surface area contributed by atoms with Crippen LogP contribution >= 0.6 is 0 Å². The van der Waals surface area contributed by atoms with Crippen LogP contribution in [0.15, 0.2) is 35.4 Å². The molecule has 0 spiro atoms. The van der Waals surface area contributed by atoms with E-state index in [4.69, 9.17) is 4.74 Å². The number of alkyl halides is 3. The third kappa shape index (κ3) is 3.19. The molecule has 1 aromatic carbocycles. The molecule has 9 nitrogen and oxygen atoms in total. The molecule has 4 N–H and O–H groups in total. The molecule has 29 heavy (non-hydrogen) atoms. The second-order valence-corrected chi connectivity index (χ2v) is 6.52. The highest BCUT2D eigenvalue weighted by molar-refractivity contribution is 5.76. The number of aromatic nitrogens is 4. The van der Waals surface area contributed by atoms with Crippen LogP contribution in [0, 0.1) is 0 Å². The SMILES string of the molecule is O=c1[nH]cnc2c1nc(-c1cccc(C(F)(F)F)c1)n2[C@@H]1O[C@H](CO)[C@@H](O)[C@H]1O. The van der Waals surface area contributed by atoms with Gasteiger partial charge in [-0.2, -0.15) is 13.2 Å². The first kappa shape index (κ1) is 19.5. The number of hydrogen-bond donors (Lipinski definition) is 4. The highest BCUT2D eigenvalue weighted by Crippen LogP contribution is 2.37. The Labute approximate surface area is 160 Å². The van der Waals surface area contributed by atoms with Gasteiger partial charge in [0.1, 0.15) is 24.1 Å². The minimum atomic E-state index is -4.61. The predicted octanol–water partition coefficient (Wildman–Crippen LogP) is 0.417. The zero-order chi connectivity index (χ0) is 20.9. The minimum Gasteiger partial charge on any atom is -0.394 e. The summed E-state index contributed by atoms with van der Waals surface area (Å²) in [5, 5.41) is 29.8. The number of fused-ring (bicyclic) bond motifs is 1. The van der Waals surface area contributed by atoms with Crippen molar-refractivity contribution in [2.24, 2.45) is 0 Å². The highest BCUT2D eigenvalue weighted by atomic mass is 19.4. The van der Waals surface area contributed by atoms with Crippen molar-refractivity contribution in [1.29, 1.82) is 0 Å². The van der Waals surface area contributed by atoms with Gasteiger partial charge in [0.05, 0.1) is 18.5 Å². The molecule has 154 valence electrons. The summed E-state index contributed by atoms with van der Waals surface area (Å²) in [4.78, 5) is 22.6. The maximum atomic E-state index is 13.1. The lowest BCUT2D eigenvalue weighted by Gasteiger charge is -2.19. The highest BCUT2D eigenvalue weighted by Gasteiger charge is 2.45. The third-order valence-corrected chi connectivity index (χ3v) is 4.70. The fourth-order valence-electron chi connectivity index (χ4n) is 3.29. The van der Waals surface area contributed by atoms with E-state index < -0.39 is 48.4 Å². The van der Waals surface area contributed by atoms with Gasteiger partial charge in [0.25, 0.3) is 5.56 Å². The number of benzene rings is 1. The number of halogens is 3. The number of ether oxygens (including phenoxy) is 1. The summed E-state index contributed by atoms with van der Waals surface area (Å²) in [6, 6.07) is 4.25. The monoisotopic (exact) mass is 412 g/mol. The lowest BCUT2D eigenvalue weighted by molar-refractivity contribution is -0.137. The molecule has 4 atom stereocenters. The lowest BCUT2D eigenvalue weighted by atomic mass is 10.1. The number of aromatic amines is 1. The standard InChI is InChI=1S/C17H15F3N4O5/c18-17(19,20)8-3-1-2-7(4-8)13-23-10-14(21-6-22-15(10)28)24(13)16-12(27)11(26)9(5-25)29-16/h1-4,6,9,11-12,16,25-27H,5H2,(H,21,22,28)/t9-,11-,12-,16-/m1/s1. The van der Waals surface area contributed by atoms with Gasteiger partial charge in [-0.1, -0.05) is 12.1 Å². The zero-order valence-corrected chi connectivity index (χ0v) is 14.5. The van der Waals surface area contributed by atoms with Crippen LogP contribution in [0.25, 0.3) is 22.6 Å². The van der Waals surface area contributed by atoms with Crippen LogP contribution in [0.5, 0.6) is 0 Å². The van der Waals surface area contributed by atoms with E-state index in [2.05, 4.69) is 15.0 Å². The summed E-state index contributed by atoms with van der Waals surface area (Å²) in [7, 11) is 0. The van der Waals surface area contributed by atoms with Crippen LogP contribution in [0.1, 0.15) is 11.8 Å². The Hall–Kier alpha value is -2.80. The molecule has 0 radical (unpaired) electrons. The first-order valence-corrected chi connectivity index (χ1v) is 8.48. The Morgan fingerprint density at radius 3 is 2.66 bits per heavy atom. The molecule has 0 unspecified atom stereocenters. The molecule has 3 heterocycles. The van der Waals surface area contributed by atoms with Crippen molar-refractivity contribution in [3.05, 3.63) is 46.5 Å². The van der Waals surface area contributed by atoms with Crippen molar-refractivity contribution >= 4 is 11.2 Å². The molecule has 0 aliphatic carbocycles. The van der Waals surface area contributed by atoms with Gasteiger partial charge in [0.2, 0.25) is 0 Å². The van der Waals surface area contributed by atoms with Gasteiger partial charge in [-0.05, 0) is 12.1 Å². The molecule has 0 saturated carbocycles. The van der Waals surface area contributed by atoms with Crippen LogP contribution in [0.4, 0.5) is 13.2 Å². The number of imidazole rings is 1. The molecule has 1 saturated heterocycles. The summed E-state index contributed by atoms with van der Waals surface area (Å²) >= 11 is 0. The first-order valence-electron chi connectivity index (χ1n) is 8.48. The third-order valence-electron chi connectivity index (χ3n) is 4.70. The average Bonchev–Trinajstić information content (AvgIpc) is 3.20. The Balaban J connectivity index is 1.95. The molecule has 4 rings (SSSR count). The van der Waals surface area contributed by atoms with Gasteiger partial charge >= 0.3 is 6.18 Å². The van der Waals surface area contributed by atoms with E-state index in [-0.39, 0.29) is 22.6 Å². The van der Waals surface area contributed by atoms with Crippen molar-refractivity contribution in [3.63, 3.8) is 0 Å². The normalized spacial score (nSPS) is 25.0. The van der Waals surface area contributed by atoms with Crippen molar-refractivity contribution < 1.29 is 33.2 Å². The summed E-state index contributed by atoms with van der Waals surface area (Å²) in [5.41, 5.74) is -1.83. The minimum absolute atomic E-state index is 0.00466.